The Hall–Kier alpha value is -2.91. The summed E-state index contributed by atoms with van der Waals surface area (Å²) >= 11 is 0. The third-order valence-electron chi connectivity index (χ3n) is 4.02. The number of hydrogen-bond donors (Lipinski definition) is 1. The standard InChI is InChI=1S/C16H15F4N5O/c1-2-14(26)21-6-10-7-24(15-22-9-23-25(15)8-10)13-4-3-11(5-12(13)17)16(18,19)20/h2-5,9-10H,1,6-8H2,(H,21,26). The molecule has 0 aliphatic carbocycles. The van der Waals surface area contributed by atoms with Gasteiger partial charge >= 0.3 is 6.18 Å². The molecule has 0 saturated carbocycles. The Balaban J connectivity index is 1.89. The third-order valence-corrected chi connectivity index (χ3v) is 4.02. The zero-order chi connectivity index (χ0) is 18.9. The maximum absolute atomic E-state index is 14.4. The van der Waals surface area contributed by atoms with Crippen molar-refractivity contribution in [2.24, 2.45) is 5.92 Å². The Labute approximate surface area is 146 Å². The molecule has 1 atom stereocenters. The fraction of sp³-hybridized carbons (Fsp3) is 0.312. The predicted octanol–water partition coefficient (Wildman–Crippen LogP) is 2.51. The molecule has 1 aliphatic rings. The molecule has 10 heteroatoms. The molecule has 1 aromatic heterocycles. The van der Waals surface area contributed by atoms with Gasteiger partial charge in [0, 0.05) is 19.0 Å². The van der Waals surface area contributed by atoms with Crippen LogP contribution in [-0.2, 0) is 17.5 Å². The second-order valence-electron chi connectivity index (χ2n) is 5.83. The first-order valence-electron chi connectivity index (χ1n) is 7.72. The summed E-state index contributed by atoms with van der Waals surface area (Å²) in [6, 6.07) is 2.35. The number of fused-ring (bicyclic) bond motifs is 1. The normalized spacial score (nSPS) is 16.9. The summed E-state index contributed by atoms with van der Waals surface area (Å²) in [7, 11) is 0. The van der Waals surface area contributed by atoms with E-state index in [1.165, 1.54) is 15.9 Å². The van der Waals surface area contributed by atoms with Crippen LogP contribution in [0.2, 0.25) is 0 Å². The van der Waals surface area contributed by atoms with Crippen molar-refractivity contribution in [3.8, 4) is 0 Å². The highest BCUT2D eigenvalue weighted by atomic mass is 19.4. The zero-order valence-electron chi connectivity index (χ0n) is 13.5. The first kappa shape index (κ1) is 17.9. The number of benzene rings is 1. The molecule has 1 aliphatic heterocycles. The number of nitrogens with one attached hydrogen (secondary N) is 1. The molecule has 3 rings (SSSR count). The topological polar surface area (TPSA) is 63.1 Å². The van der Waals surface area contributed by atoms with Crippen LogP contribution in [0.15, 0.2) is 37.2 Å². The largest absolute Gasteiger partial charge is 0.416 e. The minimum atomic E-state index is -4.63. The Bertz CT molecular complexity index is 832. The van der Waals surface area contributed by atoms with Gasteiger partial charge in [-0.3, -0.25) is 4.79 Å². The van der Waals surface area contributed by atoms with Crippen LogP contribution >= 0.6 is 0 Å². The van der Waals surface area contributed by atoms with E-state index in [4.69, 9.17) is 0 Å². The van der Waals surface area contributed by atoms with Crippen molar-refractivity contribution in [2.45, 2.75) is 12.7 Å². The second-order valence-corrected chi connectivity index (χ2v) is 5.83. The van der Waals surface area contributed by atoms with Gasteiger partial charge in [-0.25, -0.2) is 9.07 Å². The lowest BCUT2D eigenvalue weighted by Gasteiger charge is -2.33. The van der Waals surface area contributed by atoms with Crippen LogP contribution < -0.4 is 10.2 Å². The van der Waals surface area contributed by atoms with Gasteiger partial charge in [-0.2, -0.15) is 23.3 Å². The summed E-state index contributed by atoms with van der Waals surface area (Å²) in [5.74, 6) is -1.17. The molecular weight excluding hydrogens is 354 g/mol. The SMILES string of the molecule is C=CC(=O)NCC1CN(c2ccc(C(F)(F)F)cc2F)c2ncnn2C1. The Kier molecular flexibility index (Phi) is 4.66. The van der Waals surface area contributed by atoms with Crippen LogP contribution in [0, 0.1) is 11.7 Å². The van der Waals surface area contributed by atoms with Crippen LogP contribution in [0.1, 0.15) is 5.56 Å². The highest BCUT2D eigenvalue weighted by Crippen LogP contribution is 2.35. The third kappa shape index (κ3) is 3.53. The molecule has 0 spiro atoms. The molecule has 2 aromatic rings. The van der Waals surface area contributed by atoms with E-state index >= 15 is 0 Å². The summed E-state index contributed by atoms with van der Waals surface area (Å²) in [4.78, 5) is 16.9. The van der Waals surface area contributed by atoms with Gasteiger partial charge in [0.05, 0.1) is 17.8 Å². The van der Waals surface area contributed by atoms with Gasteiger partial charge in [0.25, 0.3) is 0 Å². The highest BCUT2D eigenvalue weighted by Gasteiger charge is 2.33. The number of rotatable bonds is 4. The molecular formula is C16H15F4N5O. The van der Waals surface area contributed by atoms with Gasteiger partial charge in [0.2, 0.25) is 11.9 Å². The average Bonchev–Trinajstić information content (AvgIpc) is 3.06. The van der Waals surface area contributed by atoms with Crippen molar-refractivity contribution in [1.82, 2.24) is 20.1 Å². The number of nitrogens with zero attached hydrogens (tertiary/aromatic N) is 4. The van der Waals surface area contributed by atoms with E-state index in [2.05, 4.69) is 22.0 Å². The van der Waals surface area contributed by atoms with Crippen LogP contribution in [0.25, 0.3) is 0 Å². The van der Waals surface area contributed by atoms with Gasteiger partial charge in [-0.15, -0.1) is 0 Å². The molecule has 1 N–H and O–H groups in total. The van der Waals surface area contributed by atoms with E-state index in [0.717, 1.165) is 18.2 Å². The van der Waals surface area contributed by atoms with Gasteiger partial charge < -0.3 is 10.2 Å². The summed E-state index contributed by atoms with van der Waals surface area (Å²) in [6.07, 6.45) is -2.20. The van der Waals surface area contributed by atoms with Crippen molar-refractivity contribution in [2.75, 3.05) is 18.0 Å². The molecule has 0 fully saturated rings. The van der Waals surface area contributed by atoms with Crippen molar-refractivity contribution >= 4 is 17.5 Å². The molecule has 1 unspecified atom stereocenters. The fourth-order valence-corrected chi connectivity index (χ4v) is 2.79. The summed E-state index contributed by atoms with van der Waals surface area (Å²) in [5.41, 5.74) is -1.10. The number of aromatic nitrogens is 3. The predicted molar refractivity (Wildman–Crippen MR) is 85.1 cm³/mol. The van der Waals surface area contributed by atoms with Crippen LogP contribution in [-0.4, -0.2) is 33.8 Å². The lowest BCUT2D eigenvalue weighted by molar-refractivity contribution is -0.137. The van der Waals surface area contributed by atoms with E-state index in [9.17, 15) is 22.4 Å². The number of halogens is 4. The number of carbonyl (C=O) groups is 1. The zero-order valence-corrected chi connectivity index (χ0v) is 13.5. The second kappa shape index (κ2) is 6.77. The molecule has 0 saturated heterocycles. The van der Waals surface area contributed by atoms with Gasteiger partial charge in [0.1, 0.15) is 12.1 Å². The van der Waals surface area contributed by atoms with Crippen molar-refractivity contribution in [3.63, 3.8) is 0 Å². The maximum Gasteiger partial charge on any atom is 0.416 e. The molecule has 1 aromatic carbocycles. The van der Waals surface area contributed by atoms with Gasteiger partial charge in [-0.1, -0.05) is 6.58 Å². The Morgan fingerprint density at radius 1 is 1.38 bits per heavy atom. The van der Waals surface area contributed by atoms with E-state index < -0.39 is 17.6 Å². The van der Waals surface area contributed by atoms with E-state index in [1.807, 2.05) is 0 Å². The molecule has 1 amide bonds. The maximum atomic E-state index is 14.4. The number of carbonyl (C=O) groups excluding carboxylic acids is 1. The summed E-state index contributed by atoms with van der Waals surface area (Å²) in [5, 5.41) is 6.70. The Morgan fingerprint density at radius 3 is 2.81 bits per heavy atom. The molecule has 138 valence electrons. The molecule has 26 heavy (non-hydrogen) atoms. The quantitative estimate of drug-likeness (QED) is 0.665. The van der Waals surface area contributed by atoms with Gasteiger partial charge in [0.15, 0.2) is 0 Å². The number of alkyl halides is 3. The Morgan fingerprint density at radius 2 is 2.15 bits per heavy atom. The molecule has 2 heterocycles. The number of anilines is 2. The summed E-state index contributed by atoms with van der Waals surface area (Å²) < 4.78 is 54.1. The minimum absolute atomic E-state index is 0.0352. The summed E-state index contributed by atoms with van der Waals surface area (Å²) in [6.45, 7) is 4.34. The molecule has 0 radical (unpaired) electrons. The van der Waals surface area contributed by atoms with Crippen LogP contribution in [0.4, 0.5) is 29.2 Å². The first-order valence-corrected chi connectivity index (χ1v) is 7.72. The van der Waals surface area contributed by atoms with Crippen LogP contribution in [0.3, 0.4) is 0 Å². The number of amides is 1. The van der Waals surface area contributed by atoms with Crippen molar-refractivity contribution < 1.29 is 22.4 Å². The molecule has 6 nitrogen and oxygen atoms in total. The smallest absolute Gasteiger partial charge is 0.352 e. The highest BCUT2D eigenvalue weighted by molar-refractivity contribution is 5.86. The number of hydrogen-bond acceptors (Lipinski definition) is 4. The van der Waals surface area contributed by atoms with Crippen molar-refractivity contribution in [1.29, 1.82) is 0 Å². The average molecular weight is 369 g/mol. The fourth-order valence-electron chi connectivity index (χ4n) is 2.79. The van der Waals surface area contributed by atoms with Crippen molar-refractivity contribution in [3.05, 3.63) is 48.6 Å². The van der Waals surface area contributed by atoms with E-state index in [1.54, 1.807) is 0 Å². The van der Waals surface area contributed by atoms with Crippen LogP contribution in [0.5, 0.6) is 0 Å². The first-order chi connectivity index (χ1) is 12.3. The van der Waals surface area contributed by atoms with E-state index in [0.29, 0.717) is 18.6 Å². The monoisotopic (exact) mass is 369 g/mol. The lowest BCUT2D eigenvalue weighted by atomic mass is 10.1. The van der Waals surface area contributed by atoms with Gasteiger partial charge in [-0.05, 0) is 24.3 Å². The molecule has 0 bridgehead atoms. The van der Waals surface area contributed by atoms with E-state index in [-0.39, 0.29) is 30.6 Å². The lowest BCUT2D eigenvalue weighted by Crippen LogP contribution is -2.41. The minimum Gasteiger partial charge on any atom is -0.352 e.